The summed E-state index contributed by atoms with van der Waals surface area (Å²) in [5.41, 5.74) is 9.56. The predicted octanol–water partition coefficient (Wildman–Crippen LogP) is 3.42. The van der Waals surface area contributed by atoms with Gasteiger partial charge in [0.05, 0.1) is 6.61 Å². The zero-order valence-electron chi connectivity index (χ0n) is 11.5. The van der Waals surface area contributed by atoms with Crippen molar-refractivity contribution in [3.8, 4) is 5.75 Å². The number of ether oxygens (including phenoxy) is 1. The van der Waals surface area contributed by atoms with Crippen molar-refractivity contribution in [2.45, 2.75) is 24.3 Å². The van der Waals surface area contributed by atoms with E-state index in [-0.39, 0.29) is 0 Å². The molecule has 2 nitrogen and oxygen atoms in total. The van der Waals surface area contributed by atoms with E-state index in [2.05, 4.69) is 42.5 Å². The summed E-state index contributed by atoms with van der Waals surface area (Å²) in [5, 5.41) is 0. The van der Waals surface area contributed by atoms with Gasteiger partial charge in [-0.15, -0.1) is 11.8 Å². The molecular formula is C17H19NOS. The van der Waals surface area contributed by atoms with Crippen LogP contribution in [-0.2, 0) is 19.4 Å². The van der Waals surface area contributed by atoms with Crippen LogP contribution in [0.2, 0.25) is 0 Å². The molecule has 1 aliphatic heterocycles. The molecule has 0 spiro atoms. The topological polar surface area (TPSA) is 35.2 Å². The van der Waals surface area contributed by atoms with Gasteiger partial charge in [0.25, 0.3) is 0 Å². The Morgan fingerprint density at radius 3 is 2.65 bits per heavy atom. The number of hydrogen-bond donors (Lipinski definition) is 1. The molecule has 0 radical (unpaired) electrons. The van der Waals surface area contributed by atoms with Crippen LogP contribution in [0.15, 0.2) is 47.4 Å². The lowest BCUT2D eigenvalue weighted by Gasteiger charge is -2.05. The summed E-state index contributed by atoms with van der Waals surface area (Å²) in [6, 6.07) is 15.1. The molecule has 0 saturated carbocycles. The van der Waals surface area contributed by atoms with Crippen molar-refractivity contribution in [3.63, 3.8) is 0 Å². The Labute approximate surface area is 124 Å². The highest BCUT2D eigenvalue weighted by Crippen LogP contribution is 2.27. The molecule has 0 aromatic heterocycles. The zero-order valence-corrected chi connectivity index (χ0v) is 12.3. The molecular weight excluding hydrogens is 266 g/mol. The van der Waals surface area contributed by atoms with Gasteiger partial charge in [-0.2, -0.15) is 0 Å². The van der Waals surface area contributed by atoms with Crippen LogP contribution < -0.4 is 10.5 Å². The lowest BCUT2D eigenvalue weighted by atomic mass is 10.1. The van der Waals surface area contributed by atoms with Crippen LogP contribution >= 0.6 is 11.8 Å². The molecule has 3 rings (SSSR count). The lowest BCUT2D eigenvalue weighted by Crippen LogP contribution is -1.95. The molecule has 0 fully saturated rings. The molecule has 2 N–H and O–H groups in total. The smallest absolute Gasteiger partial charge is 0.122 e. The fourth-order valence-corrected chi connectivity index (χ4v) is 3.31. The average Bonchev–Trinajstić information content (AvgIpc) is 2.95. The highest BCUT2D eigenvalue weighted by atomic mass is 32.2. The van der Waals surface area contributed by atoms with Crippen molar-refractivity contribution >= 4 is 11.8 Å². The molecule has 20 heavy (non-hydrogen) atoms. The lowest BCUT2D eigenvalue weighted by molar-refractivity contribution is 0.357. The van der Waals surface area contributed by atoms with Gasteiger partial charge in [-0.05, 0) is 41.3 Å². The predicted molar refractivity (Wildman–Crippen MR) is 84.4 cm³/mol. The van der Waals surface area contributed by atoms with Crippen LogP contribution in [-0.4, -0.2) is 12.4 Å². The summed E-state index contributed by atoms with van der Waals surface area (Å²) in [7, 11) is 0. The maximum Gasteiger partial charge on any atom is 0.122 e. The Hall–Kier alpha value is -1.45. The second-order valence-electron chi connectivity index (χ2n) is 4.99. The van der Waals surface area contributed by atoms with E-state index in [1.807, 2.05) is 11.8 Å². The van der Waals surface area contributed by atoms with Gasteiger partial charge in [0.1, 0.15) is 5.75 Å². The van der Waals surface area contributed by atoms with Gasteiger partial charge in [-0.1, -0.05) is 24.3 Å². The minimum absolute atomic E-state index is 0.613. The monoisotopic (exact) mass is 285 g/mol. The summed E-state index contributed by atoms with van der Waals surface area (Å²) < 4.78 is 5.53. The quantitative estimate of drug-likeness (QED) is 0.855. The summed E-state index contributed by atoms with van der Waals surface area (Å²) >= 11 is 1.90. The molecule has 2 aromatic rings. The van der Waals surface area contributed by atoms with Gasteiger partial charge >= 0.3 is 0 Å². The summed E-state index contributed by atoms with van der Waals surface area (Å²) in [6.45, 7) is 1.45. The summed E-state index contributed by atoms with van der Waals surface area (Å²) in [6.07, 6.45) is 2.15. The standard InChI is InChI=1S/C17H19NOS/c18-12-14-1-4-16(5-2-14)20-10-8-13-3-6-17-15(11-13)7-9-19-17/h1-6,11H,7-10,12,18H2. The molecule has 0 atom stereocenters. The van der Waals surface area contributed by atoms with E-state index in [4.69, 9.17) is 10.5 Å². The molecule has 2 aromatic carbocycles. The molecule has 0 bridgehead atoms. The van der Waals surface area contributed by atoms with Gasteiger partial charge in [0.15, 0.2) is 0 Å². The van der Waals surface area contributed by atoms with E-state index >= 15 is 0 Å². The van der Waals surface area contributed by atoms with E-state index in [0.29, 0.717) is 6.54 Å². The number of nitrogens with two attached hydrogens (primary N) is 1. The number of rotatable bonds is 5. The maximum atomic E-state index is 5.60. The average molecular weight is 285 g/mol. The van der Waals surface area contributed by atoms with E-state index in [1.54, 1.807) is 0 Å². The minimum Gasteiger partial charge on any atom is -0.493 e. The Kier molecular flexibility index (Phi) is 4.28. The number of benzene rings is 2. The van der Waals surface area contributed by atoms with Crippen molar-refractivity contribution in [3.05, 3.63) is 59.2 Å². The van der Waals surface area contributed by atoms with Crippen LogP contribution in [0.25, 0.3) is 0 Å². The first-order chi connectivity index (χ1) is 9.85. The largest absolute Gasteiger partial charge is 0.493 e. The van der Waals surface area contributed by atoms with E-state index in [9.17, 15) is 0 Å². The highest BCUT2D eigenvalue weighted by molar-refractivity contribution is 7.99. The van der Waals surface area contributed by atoms with E-state index in [0.717, 1.165) is 31.0 Å². The van der Waals surface area contributed by atoms with E-state index in [1.165, 1.54) is 21.6 Å². The van der Waals surface area contributed by atoms with Crippen molar-refractivity contribution in [1.29, 1.82) is 0 Å². The van der Waals surface area contributed by atoms with Crippen LogP contribution in [0, 0.1) is 0 Å². The third-order valence-electron chi connectivity index (χ3n) is 3.57. The number of thioether (sulfide) groups is 1. The second-order valence-corrected chi connectivity index (χ2v) is 6.16. The third-order valence-corrected chi connectivity index (χ3v) is 4.59. The SMILES string of the molecule is NCc1ccc(SCCc2ccc3c(c2)CCO3)cc1. The van der Waals surface area contributed by atoms with Gasteiger partial charge in [-0.25, -0.2) is 0 Å². The number of hydrogen-bond acceptors (Lipinski definition) is 3. The van der Waals surface area contributed by atoms with Gasteiger partial charge in [0, 0.05) is 23.6 Å². The van der Waals surface area contributed by atoms with Gasteiger partial charge < -0.3 is 10.5 Å². The van der Waals surface area contributed by atoms with Crippen molar-refractivity contribution in [1.82, 2.24) is 0 Å². The highest BCUT2D eigenvalue weighted by Gasteiger charge is 2.11. The first-order valence-electron chi connectivity index (χ1n) is 7.01. The fraction of sp³-hybridized carbons (Fsp3) is 0.294. The normalized spacial score (nSPS) is 13.1. The molecule has 1 aliphatic rings. The van der Waals surface area contributed by atoms with Crippen LogP contribution in [0.3, 0.4) is 0 Å². The Morgan fingerprint density at radius 2 is 1.85 bits per heavy atom. The Balaban J connectivity index is 1.54. The number of aryl methyl sites for hydroxylation is 1. The zero-order chi connectivity index (χ0) is 13.8. The summed E-state index contributed by atoms with van der Waals surface area (Å²) in [4.78, 5) is 1.31. The third kappa shape index (κ3) is 3.17. The van der Waals surface area contributed by atoms with Crippen molar-refractivity contribution in [2.75, 3.05) is 12.4 Å². The first kappa shape index (κ1) is 13.5. The first-order valence-corrected chi connectivity index (χ1v) is 8.00. The fourth-order valence-electron chi connectivity index (χ4n) is 2.40. The minimum atomic E-state index is 0.613. The van der Waals surface area contributed by atoms with Crippen LogP contribution in [0.4, 0.5) is 0 Å². The molecule has 0 aliphatic carbocycles. The molecule has 3 heteroatoms. The maximum absolute atomic E-state index is 5.60. The van der Waals surface area contributed by atoms with E-state index < -0.39 is 0 Å². The van der Waals surface area contributed by atoms with Crippen molar-refractivity contribution < 1.29 is 4.74 Å². The molecule has 104 valence electrons. The van der Waals surface area contributed by atoms with Crippen molar-refractivity contribution in [2.24, 2.45) is 5.73 Å². The molecule has 0 amide bonds. The molecule has 1 heterocycles. The second kappa shape index (κ2) is 6.33. The number of fused-ring (bicyclic) bond motifs is 1. The van der Waals surface area contributed by atoms with Gasteiger partial charge in [0.2, 0.25) is 0 Å². The molecule has 0 saturated heterocycles. The summed E-state index contributed by atoms with van der Waals surface area (Å²) in [5.74, 6) is 2.17. The Morgan fingerprint density at radius 1 is 1.05 bits per heavy atom. The van der Waals surface area contributed by atoms with Crippen LogP contribution in [0.5, 0.6) is 5.75 Å². The van der Waals surface area contributed by atoms with Gasteiger partial charge in [-0.3, -0.25) is 0 Å². The van der Waals surface area contributed by atoms with Crippen LogP contribution in [0.1, 0.15) is 16.7 Å². The molecule has 0 unspecified atom stereocenters. The Bertz CT molecular complexity index is 580.